The summed E-state index contributed by atoms with van der Waals surface area (Å²) in [6.45, 7) is 2.67. The van der Waals surface area contributed by atoms with Gasteiger partial charge in [-0.25, -0.2) is 4.79 Å². The van der Waals surface area contributed by atoms with Crippen LogP contribution in [0.4, 0.5) is 4.79 Å². The predicted octanol–water partition coefficient (Wildman–Crippen LogP) is 3.24. The van der Waals surface area contributed by atoms with Gasteiger partial charge < -0.3 is 10.2 Å². The van der Waals surface area contributed by atoms with Gasteiger partial charge in [-0.2, -0.15) is 0 Å². The third kappa shape index (κ3) is 3.99. The predicted molar refractivity (Wildman–Crippen MR) is 87.6 cm³/mol. The van der Waals surface area contributed by atoms with Gasteiger partial charge in [0.1, 0.15) is 0 Å². The van der Waals surface area contributed by atoms with E-state index >= 15 is 0 Å². The number of carbonyl (C=O) groups is 1. The molecule has 1 aromatic rings. The second-order valence-corrected chi connectivity index (χ2v) is 6.73. The summed E-state index contributed by atoms with van der Waals surface area (Å²) >= 11 is 0. The maximum Gasteiger partial charge on any atom is 0.317 e. The third-order valence-corrected chi connectivity index (χ3v) is 5.25. The van der Waals surface area contributed by atoms with Crippen LogP contribution in [0.1, 0.15) is 44.1 Å². The number of nitrogens with one attached hydrogen (secondary N) is 1. The Hall–Kier alpha value is -1.58. The summed E-state index contributed by atoms with van der Waals surface area (Å²) in [6, 6.07) is 4.21. The first kappa shape index (κ1) is 15.3. The standard InChI is InChI=1S/C18H27N3O/c22-18(20-10-3-4-15-7-11-19-12-8-15)21-13-9-16-5-1-2-6-17(16)14-21/h7-8,11-12,16-17H,1-6,9-10,13-14H2,(H,20,22). The van der Waals surface area contributed by atoms with Crippen molar-refractivity contribution >= 4 is 6.03 Å². The fourth-order valence-electron chi connectivity index (χ4n) is 3.93. The minimum absolute atomic E-state index is 0.138. The molecule has 2 fully saturated rings. The lowest BCUT2D eigenvalue weighted by Crippen LogP contribution is -2.48. The van der Waals surface area contributed by atoms with Crippen molar-refractivity contribution in [2.45, 2.75) is 44.9 Å². The number of aromatic nitrogens is 1. The van der Waals surface area contributed by atoms with Crippen LogP contribution < -0.4 is 5.32 Å². The minimum Gasteiger partial charge on any atom is -0.338 e. The molecule has 1 saturated heterocycles. The van der Waals surface area contributed by atoms with Crippen LogP contribution in [0.15, 0.2) is 24.5 Å². The molecule has 0 bridgehead atoms. The molecule has 1 N–H and O–H groups in total. The molecule has 4 nitrogen and oxygen atoms in total. The summed E-state index contributed by atoms with van der Waals surface area (Å²) in [7, 11) is 0. The molecule has 3 rings (SSSR count). The molecule has 4 heteroatoms. The summed E-state index contributed by atoms with van der Waals surface area (Å²) in [5.41, 5.74) is 1.28. The second-order valence-electron chi connectivity index (χ2n) is 6.73. The van der Waals surface area contributed by atoms with E-state index in [0.717, 1.165) is 44.3 Å². The molecule has 0 spiro atoms. The van der Waals surface area contributed by atoms with Crippen LogP contribution in [0.5, 0.6) is 0 Å². The van der Waals surface area contributed by atoms with Gasteiger partial charge in [-0.3, -0.25) is 4.98 Å². The molecule has 1 saturated carbocycles. The zero-order valence-corrected chi connectivity index (χ0v) is 13.3. The minimum atomic E-state index is 0.138. The Bertz CT molecular complexity index is 476. The smallest absolute Gasteiger partial charge is 0.317 e. The van der Waals surface area contributed by atoms with Crippen LogP contribution in [0.3, 0.4) is 0 Å². The molecule has 2 aliphatic rings. The van der Waals surface area contributed by atoms with E-state index in [1.165, 1.54) is 37.7 Å². The molecule has 1 aromatic heterocycles. The summed E-state index contributed by atoms with van der Waals surface area (Å²) in [5.74, 6) is 1.63. The molecule has 1 aliphatic heterocycles. The van der Waals surface area contributed by atoms with Crippen LogP contribution in [0.2, 0.25) is 0 Å². The summed E-state index contributed by atoms with van der Waals surface area (Å²) in [5, 5.41) is 3.09. The van der Waals surface area contributed by atoms with Gasteiger partial charge in [-0.05, 0) is 55.2 Å². The number of likely N-dealkylation sites (tertiary alicyclic amines) is 1. The molecule has 120 valence electrons. The van der Waals surface area contributed by atoms with E-state index in [1.54, 1.807) is 0 Å². The van der Waals surface area contributed by atoms with E-state index in [2.05, 4.69) is 10.3 Å². The van der Waals surface area contributed by atoms with Crippen molar-refractivity contribution < 1.29 is 4.79 Å². The number of nitrogens with zero attached hydrogens (tertiary/aromatic N) is 2. The maximum absolute atomic E-state index is 12.3. The van der Waals surface area contributed by atoms with Crippen LogP contribution in [-0.4, -0.2) is 35.5 Å². The lowest BCUT2D eigenvalue weighted by molar-refractivity contribution is 0.102. The molecule has 2 unspecified atom stereocenters. The van der Waals surface area contributed by atoms with Crippen molar-refractivity contribution in [3.63, 3.8) is 0 Å². The van der Waals surface area contributed by atoms with E-state index in [9.17, 15) is 4.79 Å². The number of pyridine rings is 1. The van der Waals surface area contributed by atoms with Gasteiger partial charge >= 0.3 is 6.03 Å². The van der Waals surface area contributed by atoms with Gasteiger partial charge in [0.05, 0.1) is 0 Å². The maximum atomic E-state index is 12.3. The zero-order valence-electron chi connectivity index (χ0n) is 13.3. The highest BCUT2D eigenvalue weighted by atomic mass is 16.2. The van der Waals surface area contributed by atoms with Crippen molar-refractivity contribution in [1.29, 1.82) is 0 Å². The van der Waals surface area contributed by atoms with Gasteiger partial charge in [0.25, 0.3) is 0 Å². The molecule has 22 heavy (non-hydrogen) atoms. The van der Waals surface area contributed by atoms with Crippen LogP contribution in [0.25, 0.3) is 0 Å². The van der Waals surface area contributed by atoms with E-state index in [-0.39, 0.29) is 6.03 Å². The van der Waals surface area contributed by atoms with Gasteiger partial charge in [0.2, 0.25) is 0 Å². The first-order valence-corrected chi connectivity index (χ1v) is 8.74. The normalized spacial score (nSPS) is 24.6. The molecule has 2 amide bonds. The fraction of sp³-hybridized carbons (Fsp3) is 0.667. The van der Waals surface area contributed by atoms with Gasteiger partial charge in [0.15, 0.2) is 0 Å². The van der Waals surface area contributed by atoms with Crippen molar-refractivity contribution in [3.8, 4) is 0 Å². The Morgan fingerprint density at radius 3 is 2.77 bits per heavy atom. The SMILES string of the molecule is O=C(NCCCc1ccncc1)N1CCC2CCCCC2C1. The molecule has 0 radical (unpaired) electrons. The quantitative estimate of drug-likeness (QED) is 0.868. The lowest BCUT2D eigenvalue weighted by Gasteiger charge is -2.41. The highest BCUT2D eigenvalue weighted by Crippen LogP contribution is 2.35. The van der Waals surface area contributed by atoms with Crippen LogP contribution in [0, 0.1) is 11.8 Å². The fourth-order valence-corrected chi connectivity index (χ4v) is 3.93. The molecular formula is C18H27N3O. The van der Waals surface area contributed by atoms with E-state index < -0.39 is 0 Å². The summed E-state index contributed by atoms with van der Waals surface area (Å²) in [6.07, 6.45) is 12.3. The average molecular weight is 301 g/mol. The van der Waals surface area contributed by atoms with Gasteiger partial charge in [-0.15, -0.1) is 0 Å². The van der Waals surface area contributed by atoms with Gasteiger partial charge in [-0.1, -0.05) is 19.3 Å². The number of carbonyl (C=O) groups excluding carboxylic acids is 1. The number of piperidine rings is 1. The first-order valence-electron chi connectivity index (χ1n) is 8.74. The Labute approximate surface area is 133 Å². The number of fused-ring (bicyclic) bond motifs is 1. The van der Waals surface area contributed by atoms with E-state index in [4.69, 9.17) is 0 Å². The Kier molecular flexibility index (Phi) is 5.30. The number of amides is 2. The Morgan fingerprint density at radius 1 is 1.18 bits per heavy atom. The Balaban J connectivity index is 1.37. The Morgan fingerprint density at radius 2 is 1.95 bits per heavy atom. The molecule has 1 aliphatic carbocycles. The van der Waals surface area contributed by atoms with Crippen LogP contribution in [-0.2, 0) is 6.42 Å². The highest BCUT2D eigenvalue weighted by Gasteiger charge is 2.32. The van der Waals surface area contributed by atoms with Gasteiger partial charge in [0, 0.05) is 32.0 Å². The average Bonchev–Trinajstić information content (AvgIpc) is 2.59. The summed E-state index contributed by atoms with van der Waals surface area (Å²) < 4.78 is 0. The number of hydrogen-bond donors (Lipinski definition) is 1. The molecule has 2 heterocycles. The highest BCUT2D eigenvalue weighted by molar-refractivity contribution is 5.74. The second kappa shape index (κ2) is 7.61. The van der Waals surface area contributed by atoms with E-state index in [1.807, 2.05) is 29.4 Å². The largest absolute Gasteiger partial charge is 0.338 e. The molecule has 0 aromatic carbocycles. The topological polar surface area (TPSA) is 45.2 Å². The molecule has 2 atom stereocenters. The van der Waals surface area contributed by atoms with Crippen molar-refractivity contribution in [1.82, 2.24) is 15.2 Å². The van der Waals surface area contributed by atoms with Crippen LogP contribution >= 0.6 is 0 Å². The van der Waals surface area contributed by atoms with Crippen molar-refractivity contribution in [3.05, 3.63) is 30.1 Å². The molecular weight excluding hydrogens is 274 g/mol. The lowest BCUT2D eigenvalue weighted by atomic mass is 9.75. The van der Waals surface area contributed by atoms with E-state index in [0.29, 0.717) is 0 Å². The third-order valence-electron chi connectivity index (χ3n) is 5.25. The zero-order chi connectivity index (χ0) is 15.2. The number of aryl methyl sites for hydroxylation is 1. The number of hydrogen-bond acceptors (Lipinski definition) is 2. The summed E-state index contributed by atoms with van der Waals surface area (Å²) in [4.78, 5) is 18.3. The number of urea groups is 1. The number of rotatable bonds is 4. The monoisotopic (exact) mass is 301 g/mol. The van der Waals surface area contributed by atoms with Crippen molar-refractivity contribution in [2.75, 3.05) is 19.6 Å². The first-order chi connectivity index (χ1) is 10.8. The van der Waals surface area contributed by atoms with Crippen molar-refractivity contribution in [2.24, 2.45) is 11.8 Å².